The molecule has 1 heterocycles. The maximum absolute atomic E-state index is 12.1. The Bertz CT molecular complexity index is 810. The number of methoxy groups -OCH3 is 1. The third-order valence-corrected chi connectivity index (χ3v) is 4.52. The van der Waals surface area contributed by atoms with Crippen molar-refractivity contribution < 1.29 is 19.4 Å². The molecule has 26 heavy (non-hydrogen) atoms. The Morgan fingerprint density at radius 1 is 1.31 bits per heavy atom. The molecule has 3 N–H and O–H groups in total. The second kappa shape index (κ2) is 7.53. The number of aromatic nitrogens is 1. The number of carbonyl (C=O) groups is 2. The van der Waals surface area contributed by atoms with E-state index in [9.17, 15) is 14.7 Å². The quantitative estimate of drug-likeness (QED) is 0.719. The number of carbonyl (C=O) groups excluding carboxylic acids is 2. The summed E-state index contributed by atoms with van der Waals surface area (Å²) in [5.74, 6) is -0.872. The van der Waals surface area contributed by atoms with E-state index in [4.69, 9.17) is 4.74 Å². The molecule has 7 heteroatoms. The van der Waals surface area contributed by atoms with Crippen molar-refractivity contribution in [3.05, 3.63) is 53.9 Å². The number of pyridine rings is 1. The van der Waals surface area contributed by atoms with E-state index in [0.29, 0.717) is 12.1 Å². The van der Waals surface area contributed by atoms with E-state index in [-0.39, 0.29) is 6.54 Å². The van der Waals surface area contributed by atoms with E-state index in [2.05, 4.69) is 15.6 Å². The Kier molecular flexibility index (Phi) is 5.18. The van der Waals surface area contributed by atoms with Crippen LogP contribution in [0.1, 0.15) is 24.0 Å². The first-order valence-corrected chi connectivity index (χ1v) is 8.41. The lowest BCUT2D eigenvalue weighted by Gasteiger charge is -2.34. The molecule has 0 bridgehead atoms. The summed E-state index contributed by atoms with van der Waals surface area (Å²) >= 11 is 0. The van der Waals surface area contributed by atoms with Crippen LogP contribution >= 0.6 is 0 Å². The minimum atomic E-state index is -1.20. The van der Waals surface area contributed by atoms with Gasteiger partial charge in [0.2, 0.25) is 0 Å². The molecule has 0 saturated heterocycles. The zero-order valence-corrected chi connectivity index (χ0v) is 14.5. The Morgan fingerprint density at radius 2 is 2.15 bits per heavy atom. The average Bonchev–Trinajstić information content (AvgIpc) is 2.66. The summed E-state index contributed by atoms with van der Waals surface area (Å²) in [6, 6.07) is 8.79. The molecule has 0 spiro atoms. The highest BCUT2D eigenvalue weighted by molar-refractivity contribution is 6.39. The van der Waals surface area contributed by atoms with Gasteiger partial charge in [0.25, 0.3) is 0 Å². The minimum Gasteiger partial charge on any atom is -0.497 e. The van der Waals surface area contributed by atoms with E-state index in [1.54, 1.807) is 31.5 Å². The van der Waals surface area contributed by atoms with E-state index in [1.165, 1.54) is 6.20 Å². The summed E-state index contributed by atoms with van der Waals surface area (Å²) in [5, 5.41) is 16.0. The van der Waals surface area contributed by atoms with Gasteiger partial charge in [-0.05, 0) is 54.7 Å². The molecular weight excluding hydrogens is 334 g/mol. The fourth-order valence-corrected chi connectivity index (χ4v) is 3.18. The molecule has 1 aromatic carbocycles. The summed E-state index contributed by atoms with van der Waals surface area (Å²) in [4.78, 5) is 27.9. The molecule has 1 aliphatic rings. The summed E-state index contributed by atoms with van der Waals surface area (Å²) < 4.78 is 5.23. The predicted octanol–water partition coefficient (Wildman–Crippen LogP) is 1.37. The molecule has 136 valence electrons. The number of benzene rings is 1. The molecule has 1 aliphatic carbocycles. The molecule has 0 saturated carbocycles. The van der Waals surface area contributed by atoms with Gasteiger partial charge in [-0.2, -0.15) is 0 Å². The second-order valence-corrected chi connectivity index (χ2v) is 6.29. The van der Waals surface area contributed by atoms with E-state index >= 15 is 0 Å². The standard InChI is InChI=1S/C19H21N3O4/c1-26-15-6-7-16-13(10-15)4-2-8-19(16,25)12-21-17(23)18(24)22-14-5-3-9-20-11-14/h3,5-7,9-11,25H,2,4,8,12H2,1H3,(H,21,23)(H,22,24)/t19-/m0/s1. The number of hydrogen-bond acceptors (Lipinski definition) is 5. The van der Waals surface area contributed by atoms with Crippen LogP contribution in [0.15, 0.2) is 42.7 Å². The molecule has 1 aromatic heterocycles. The van der Waals surface area contributed by atoms with Gasteiger partial charge in [0.1, 0.15) is 11.4 Å². The lowest BCUT2D eigenvalue weighted by Crippen LogP contribution is -2.46. The van der Waals surface area contributed by atoms with Crippen LogP contribution in [0.25, 0.3) is 0 Å². The first kappa shape index (κ1) is 17.9. The predicted molar refractivity (Wildman–Crippen MR) is 95.7 cm³/mol. The van der Waals surface area contributed by atoms with Gasteiger partial charge in [0.05, 0.1) is 25.5 Å². The lowest BCUT2D eigenvalue weighted by atomic mass is 9.79. The monoisotopic (exact) mass is 355 g/mol. The normalized spacial score (nSPS) is 18.5. The highest BCUT2D eigenvalue weighted by atomic mass is 16.5. The third-order valence-electron chi connectivity index (χ3n) is 4.52. The molecule has 2 amide bonds. The molecule has 7 nitrogen and oxygen atoms in total. The summed E-state index contributed by atoms with van der Waals surface area (Å²) in [7, 11) is 1.60. The van der Waals surface area contributed by atoms with Crippen LogP contribution < -0.4 is 15.4 Å². The average molecular weight is 355 g/mol. The van der Waals surface area contributed by atoms with Crippen LogP contribution in [0.5, 0.6) is 5.75 Å². The first-order valence-electron chi connectivity index (χ1n) is 8.41. The van der Waals surface area contributed by atoms with Gasteiger partial charge in [-0.25, -0.2) is 0 Å². The van der Waals surface area contributed by atoms with Crippen molar-refractivity contribution in [2.24, 2.45) is 0 Å². The number of fused-ring (bicyclic) bond motifs is 1. The summed E-state index contributed by atoms with van der Waals surface area (Å²) in [6.45, 7) is -0.0361. The molecule has 0 aliphatic heterocycles. The molecule has 0 fully saturated rings. The van der Waals surface area contributed by atoms with Crippen LogP contribution in [-0.4, -0.2) is 35.6 Å². The molecule has 0 radical (unpaired) electrons. The Hall–Kier alpha value is -2.93. The van der Waals surface area contributed by atoms with E-state index in [0.717, 1.165) is 29.7 Å². The van der Waals surface area contributed by atoms with Crippen LogP contribution in [0.4, 0.5) is 5.69 Å². The fraction of sp³-hybridized carbons (Fsp3) is 0.316. The largest absolute Gasteiger partial charge is 0.497 e. The minimum absolute atomic E-state index is 0.0361. The van der Waals surface area contributed by atoms with Crippen molar-refractivity contribution >= 4 is 17.5 Å². The van der Waals surface area contributed by atoms with Gasteiger partial charge < -0.3 is 20.5 Å². The van der Waals surface area contributed by atoms with Crippen molar-refractivity contribution in [3.8, 4) is 5.75 Å². The van der Waals surface area contributed by atoms with Crippen molar-refractivity contribution in [3.63, 3.8) is 0 Å². The van der Waals surface area contributed by atoms with E-state index in [1.807, 2.05) is 12.1 Å². The Balaban J connectivity index is 1.66. The van der Waals surface area contributed by atoms with Gasteiger partial charge >= 0.3 is 11.8 Å². The molecular formula is C19H21N3O4. The topological polar surface area (TPSA) is 101 Å². The van der Waals surface area contributed by atoms with Crippen LogP contribution in [0, 0.1) is 0 Å². The Morgan fingerprint density at radius 3 is 2.88 bits per heavy atom. The highest BCUT2D eigenvalue weighted by Crippen LogP contribution is 2.36. The number of ether oxygens (including phenoxy) is 1. The summed E-state index contributed by atoms with van der Waals surface area (Å²) in [5.41, 5.74) is 0.982. The Labute approximate surface area is 151 Å². The molecule has 2 aromatic rings. The smallest absolute Gasteiger partial charge is 0.313 e. The van der Waals surface area contributed by atoms with Crippen LogP contribution in [0.2, 0.25) is 0 Å². The number of nitrogens with zero attached hydrogens (tertiary/aromatic N) is 1. The fourth-order valence-electron chi connectivity index (χ4n) is 3.18. The van der Waals surface area contributed by atoms with Gasteiger partial charge in [-0.1, -0.05) is 6.07 Å². The van der Waals surface area contributed by atoms with Gasteiger partial charge in [0.15, 0.2) is 0 Å². The number of rotatable bonds is 4. The molecule has 0 unspecified atom stereocenters. The number of anilines is 1. The van der Waals surface area contributed by atoms with Gasteiger partial charge in [-0.15, -0.1) is 0 Å². The van der Waals surface area contributed by atoms with Crippen LogP contribution in [0.3, 0.4) is 0 Å². The van der Waals surface area contributed by atoms with Gasteiger partial charge in [-0.3, -0.25) is 14.6 Å². The number of amides is 2. The number of aryl methyl sites for hydroxylation is 1. The number of aliphatic hydroxyl groups is 1. The molecule has 3 rings (SSSR count). The van der Waals surface area contributed by atoms with E-state index < -0.39 is 17.4 Å². The van der Waals surface area contributed by atoms with Crippen LogP contribution in [-0.2, 0) is 21.6 Å². The van der Waals surface area contributed by atoms with Crippen molar-refractivity contribution in [1.29, 1.82) is 0 Å². The highest BCUT2D eigenvalue weighted by Gasteiger charge is 2.35. The second-order valence-electron chi connectivity index (χ2n) is 6.29. The first-order chi connectivity index (χ1) is 12.5. The zero-order chi connectivity index (χ0) is 18.6. The number of nitrogens with one attached hydrogen (secondary N) is 2. The lowest BCUT2D eigenvalue weighted by molar-refractivity contribution is -0.137. The summed E-state index contributed by atoms with van der Waals surface area (Å²) in [6.07, 6.45) is 5.15. The van der Waals surface area contributed by atoms with Crippen molar-refractivity contribution in [1.82, 2.24) is 10.3 Å². The van der Waals surface area contributed by atoms with Gasteiger partial charge in [0, 0.05) is 6.20 Å². The SMILES string of the molecule is COc1ccc2c(c1)CCC[C@]2(O)CNC(=O)C(=O)Nc1cccnc1. The number of hydrogen-bond donors (Lipinski definition) is 3. The maximum atomic E-state index is 12.1. The third kappa shape index (κ3) is 3.83. The van der Waals surface area contributed by atoms with Crippen molar-refractivity contribution in [2.45, 2.75) is 24.9 Å². The van der Waals surface area contributed by atoms with Crippen molar-refractivity contribution in [2.75, 3.05) is 19.0 Å². The zero-order valence-electron chi connectivity index (χ0n) is 14.5. The molecule has 1 atom stereocenters. The maximum Gasteiger partial charge on any atom is 0.313 e.